The zero-order valence-corrected chi connectivity index (χ0v) is 18.2. The van der Waals surface area contributed by atoms with Crippen LogP contribution in [0.5, 0.6) is 0 Å². The van der Waals surface area contributed by atoms with Crippen molar-refractivity contribution in [1.29, 1.82) is 0 Å². The number of guanidine groups is 1. The third-order valence-corrected chi connectivity index (χ3v) is 5.67. The highest BCUT2D eigenvalue weighted by Gasteiger charge is 2.45. The molecule has 1 saturated heterocycles. The molecule has 0 radical (unpaired) electrons. The highest BCUT2D eigenvalue weighted by Crippen LogP contribution is 2.48. The minimum absolute atomic E-state index is 0. The maximum absolute atomic E-state index is 14.1. The fraction of sp³-hybridized carbons (Fsp3) is 0.650. The van der Waals surface area contributed by atoms with Crippen LogP contribution in [-0.4, -0.2) is 51.3 Å². The van der Waals surface area contributed by atoms with Gasteiger partial charge in [0.15, 0.2) is 5.96 Å². The molecular formula is C20H31FIN3O. The van der Waals surface area contributed by atoms with Crippen molar-refractivity contribution in [3.63, 3.8) is 0 Å². The SMILES string of the molecule is CN=C(NCC1(c2ccccc2F)CC1)N(C)CCC1CCOCC1.I. The quantitative estimate of drug-likeness (QED) is 0.387. The second-order valence-corrected chi connectivity index (χ2v) is 7.43. The highest BCUT2D eigenvalue weighted by molar-refractivity contribution is 14.0. The minimum Gasteiger partial charge on any atom is -0.381 e. The molecule has 1 saturated carbocycles. The third-order valence-electron chi connectivity index (χ3n) is 5.67. The molecule has 1 N–H and O–H groups in total. The molecule has 26 heavy (non-hydrogen) atoms. The summed E-state index contributed by atoms with van der Waals surface area (Å²) in [5, 5.41) is 3.47. The van der Waals surface area contributed by atoms with Crippen LogP contribution in [0.25, 0.3) is 0 Å². The molecule has 1 aromatic rings. The van der Waals surface area contributed by atoms with Crippen molar-refractivity contribution in [2.24, 2.45) is 10.9 Å². The van der Waals surface area contributed by atoms with Gasteiger partial charge in [0.1, 0.15) is 5.82 Å². The first-order valence-corrected chi connectivity index (χ1v) is 9.39. The average Bonchev–Trinajstić information content (AvgIpc) is 3.42. The largest absolute Gasteiger partial charge is 0.381 e. The van der Waals surface area contributed by atoms with Crippen LogP contribution in [0.4, 0.5) is 4.39 Å². The Morgan fingerprint density at radius 1 is 1.31 bits per heavy atom. The van der Waals surface area contributed by atoms with E-state index in [0.29, 0.717) is 0 Å². The second kappa shape index (κ2) is 9.88. The van der Waals surface area contributed by atoms with Crippen LogP contribution >= 0.6 is 24.0 Å². The van der Waals surface area contributed by atoms with E-state index in [0.717, 1.165) is 69.4 Å². The number of benzene rings is 1. The molecule has 2 fully saturated rings. The van der Waals surface area contributed by atoms with Crippen LogP contribution in [0.2, 0.25) is 0 Å². The first-order valence-electron chi connectivity index (χ1n) is 9.39. The molecule has 1 aliphatic carbocycles. The molecule has 0 atom stereocenters. The van der Waals surface area contributed by atoms with Gasteiger partial charge in [0, 0.05) is 45.8 Å². The summed E-state index contributed by atoms with van der Waals surface area (Å²) in [6, 6.07) is 7.16. The van der Waals surface area contributed by atoms with Gasteiger partial charge >= 0.3 is 0 Å². The van der Waals surface area contributed by atoms with E-state index in [1.54, 1.807) is 12.1 Å². The standard InChI is InChI=1S/C20H30FN3O.HI/c1-22-19(24(2)12-7-16-8-13-25-14-9-16)23-15-20(10-11-20)17-5-3-4-6-18(17)21;/h3-6,16H,7-15H2,1-2H3,(H,22,23);1H. The van der Waals surface area contributed by atoms with Crippen LogP contribution in [0.15, 0.2) is 29.3 Å². The van der Waals surface area contributed by atoms with Crippen molar-refractivity contribution >= 4 is 29.9 Å². The Bertz CT molecular complexity index is 600. The van der Waals surface area contributed by atoms with Gasteiger partial charge in [-0.2, -0.15) is 0 Å². The molecule has 1 heterocycles. The fourth-order valence-electron chi connectivity index (χ4n) is 3.73. The summed E-state index contributed by atoms with van der Waals surface area (Å²) < 4.78 is 19.6. The van der Waals surface area contributed by atoms with Crippen molar-refractivity contribution in [2.45, 2.75) is 37.5 Å². The predicted molar refractivity (Wildman–Crippen MR) is 115 cm³/mol. The minimum atomic E-state index is -0.0929. The molecule has 146 valence electrons. The maximum Gasteiger partial charge on any atom is 0.193 e. The summed E-state index contributed by atoms with van der Waals surface area (Å²) in [5.41, 5.74) is 0.769. The lowest BCUT2D eigenvalue weighted by Crippen LogP contribution is -2.43. The van der Waals surface area contributed by atoms with Gasteiger partial charge in [-0.15, -0.1) is 24.0 Å². The van der Waals surface area contributed by atoms with Gasteiger partial charge in [0.2, 0.25) is 0 Å². The van der Waals surface area contributed by atoms with E-state index in [1.165, 1.54) is 6.42 Å². The molecule has 0 spiro atoms. The van der Waals surface area contributed by atoms with Crippen LogP contribution in [-0.2, 0) is 10.2 Å². The number of halogens is 2. The molecule has 1 aliphatic heterocycles. The van der Waals surface area contributed by atoms with E-state index in [2.05, 4.69) is 22.3 Å². The highest BCUT2D eigenvalue weighted by atomic mass is 127. The van der Waals surface area contributed by atoms with Crippen LogP contribution in [0.3, 0.4) is 0 Å². The molecule has 0 bridgehead atoms. The van der Waals surface area contributed by atoms with Gasteiger partial charge in [-0.05, 0) is 49.7 Å². The fourth-order valence-corrected chi connectivity index (χ4v) is 3.73. The van der Waals surface area contributed by atoms with Gasteiger partial charge in [0.25, 0.3) is 0 Å². The number of aliphatic imine (C=N–C) groups is 1. The molecule has 1 aromatic carbocycles. The Kier molecular flexibility index (Phi) is 8.13. The zero-order chi connectivity index (χ0) is 17.7. The van der Waals surface area contributed by atoms with E-state index >= 15 is 0 Å². The molecular weight excluding hydrogens is 444 g/mol. The Morgan fingerprint density at radius 3 is 2.62 bits per heavy atom. The summed E-state index contributed by atoms with van der Waals surface area (Å²) in [4.78, 5) is 6.60. The average molecular weight is 475 g/mol. The van der Waals surface area contributed by atoms with Crippen molar-refractivity contribution in [2.75, 3.05) is 40.4 Å². The van der Waals surface area contributed by atoms with Crippen LogP contribution in [0.1, 0.15) is 37.7 Å². The van der Waals surface area contributed by atoms with Gasteiger partial charge in [-0.25, -0.2) is 4.39 Å². The monoisotopic (exact) mass is 475 g/mol. The Morgan fingerprint density at radius 2 is 2.00 bits per heavy atom. The van der Waals surface area contributed by atoms with Crippen molar-refractivity contribution in [1.82, 2.24) is 10.2 Å². The van der Waals surface area contributed by atoms with Crippen molar-refractivity contribution in [3.8, 4) is 0 Å². The van der Waals surface area contributed by atoms with E-state index in [4.69, 9.17) is 4.74 Å². The molecule has 2 aliphatic rings. The van der Waals surface area contributed by atoms with Gasteiger partial charge in [-0.3, -0.25) is 4.99 Å². The number of hydrogen-bond donors (Lipinski definition) is 1. The smallest absolute Gasteiger partial charge is 0.193 e. The normalized spacial score (nSPS) is 19.6. The lowest BCUT2D eigenvalue weighted by Gasteiger charge is -2.28. The van der Waals surface area contributed by atoms with Gasteiger partial charge in [-0.1, -0.05) is 18.2 Å². The van der Waals surface area contributed by atoms with Crippen LogP contribution in [0, 0.1) is 11.7 Å². The van der Waals surface area contributed by atoms with Gasteiger partial charge in [0.05, 0.1) is 0 Å². The number of nitrogens with zero attached hydrogens (tertiary/aromatic N) is 2. The first-order chi connectivity index (χ1) is 12.1. The van der Waals surface area contributed by atoms with Crippen molar-refractivity contribution in [3.05, 3.63) is 35.6 Å². The third kappa shape index (κ3) is 5.31. The molecule has 4 nitrogen and oxygen atoms in total. The maximum atomic E-state index is 14.1. The lowest BCUT2D eigenvalue weighted by atomic mass is 9.95. The van der Waals surface area contributed by atoms with E-state index < -0.39 is 0 Å². The van der Waals surface area contributed by atoms with Crippen molar-refractivity contribution < 1.29 is 9.13 Å². The number of ether oxygens (including phenoxy) is 1. The summed E-state index contributed by atoms with van der Waals surface area (Å²) in [5.74, 6) is 1.56. The van der Waals surface area contributed by atoms with Crippen LogP contribution < -0.4 is 5.32 Å². The summed E-state index contributed by atoms with van der Waals surface area (Å²) in [6.07, 6.45) is 5.55. The number of nitrogens with one attached hydrogen (secondary N) is 1. The molecule has 6 heteroatoms. The number of hydrogen-bond acceptors (Lipinski definition) is 2. The second-order valence-electron chi connectivity index (χ2n) is 7.43. The lowest BCUT2D eigenvalue weighted by molar-refractivity contribution is 0.0625. The summed E-state index contributed by atoms with van der Waals surface area (Å²) >= 11 is 0. The Labute approximate surface area is 173 Å². The van der Waals surface area contributed by atoms with E-state index in [-0.39, 0.29) is 35.2 Å². The molecule has 0 amide bonds. The molecule has 0 unspecified atom stereocenters. The van der Waals surface area contributed by atoms with Gasteiger partial charge < -0.3 is 15.0 Å². The molecule has 3 rings (SSSR count). The summed E-state index contributed by atoms with van der Waals surface area (Å²) in [7, 11) is 3.90. The first kappa shape index (κ1) is 21.4. The van der Waals surface area contributed by atoms with E-state index in [9.17, 15) is 4.39 Å². The Balaban J connectivity index is 0.00000243. The Hall–Kier alpha value is -0.890. The topological polar surface area (TPSA) is 36.9 Å². The van der Waals surface area contributed by atoms with E-state index in [1.807, 2.05) is 19.2 Å². The number of rotatable bonds is 6. The predicted octanol–water partition coefficient (Wildman–Crippen LogP) is 3.80. The zero-order valence-electron chi connectivity index (χ0n) is 15.8. The molecule has 0 aromatic heterocycles. The summed E-state index contributed by atoms with van der Waals surface area (Å²) in [6.45, 7) is 3.51.